The average Bonchev–Trinajstić information content (AvgIpc) is 3.05. The SMILES string of the molecule is CN=C(NCc1ncnn1C)NC1C2CCOC2C12CCC2. The first-order chi connectivity index (χ1) is 10.7. The van der Waals surface area contributed by atoms with E-state index in [2.05, 4.69) is 25.7 Å². The molecule has 0 aromatic carbocycles. The molecule has 1 saturated heterocycles. The molecule has 2 N–H and O–H groups in total. The second-order valence-corrected chi connectivity index (χ2v) is 6.68. The van der Waals surface area contributed by atoms with Crippen LogP contribution >= 0.6 is 0 Å². The molecule has 22 heavy (non-hydrogen) atoms. The van der Waals surface area contributed by atoms with Gasteiger partial charge in [0.2, 0.25) is 0 Å². The molecule has 120 valence electrons. The van der Waals surface area contributed by atoms with Gasteiger partial charge in [0.05, 0.1) is 12.6 Å². The van der Waals surface area contributed by atoms with Gasteiger partial charge in [0, 0.05) is 38.1 Å². The van der Waals surface area contributed by atoms with Crippen molar-refractivity contribution in [2.24, 2.45) is 23.4 Å². The molecular formula is C15H24N6O. The first-order valence-corrected chi connectivity index (χ1v) is 8.16. The lowest BCUT2D eigenvalue weighted by Gasteiger charge is -2.63. The van der Waals surface area contributed by atoms with Crippen LogP contribution in [0.3, 0.4) is 0 Å². The van der Waals surface area contributed by atoms with Crippen LogP contribution in [0.1, 0.15) is 31.5 Å². The van der Waals surface area contributed by atoms with E-state index in [0.29, 0.717) is 30.0 Å². The summed E-state index contributed by atoms with van der Waals surface area (Å²) < 4.78 is 7.74. The van der Waals surface area contributed by atoms with Crippen LogP contribution in [0.2, 0.25) is 0 Å². The molecule has 4 rings (SSSR count). The number of rotatable bonds is 3. The van der Waals surface area contributed by atoms with E-state index in [1.807, 2.05) is 14.1 Å². The lowest BCUT2D eigenvalue weighted by Crippen LogP contribution is -2.72. The van der Waals surface area contributed by atoms with E-state index >= 15 is 0 Å². The predicted octanol–water partition coefficient (Wildman–Crippen LogP) is 0.438. The first-order valence-electron chi connectivity index (χ1n) is 8.16. The van der Waals surface area contributed by atoms with Crippen molar-refractivity contribution in [3.8, 4) is 0 Å². The van der Waals surface area contributed by atoms with E-state index < -0.39 is 0 Å². The van der Waals surface area contributed by atoms with E-state index in [1.165, 1.54) is 25.7 Å². The Hall–Kier alpha value is -1.63. The third-order valence-electron chi connectivity index (χ3n) is 5.77. The van der Waals surface area contributed by atoms with Crippen LogP contribution in [0.5, 0.6) is 0 Å². The van der Waals surface area contributed by atoms with Gasteiger partial charge in [-0.2, -0.15) is 5.10 Å². The molecule has 7 heteroatoms. The largest absolute Gasteiger partial charge is 0.377 e. The van der Waals surface area contributed by atoms with Crippen molar-refractivity contribution >= 4 is 5.96 Å². The minimum Gasteiger partial charge on any atom is -0.377 e. The second kappa shape index (κ2) is 5.22. The lowest BCUT2D eigenvalue weighted by molar-refractivity contribution is -0.171. The van der Waals surface area contributed by atoms with Crippen LogP contribution in [0, 0.1) is 11.3 Å². The van der Waals surface area contributed by atoms with Gasteiger partial charge in [-0.25, -0.2) is 4.98 Å². The normalized spacial score (nSPS) is 32.3. The van der Waals surface area contributed by atoms with Gasteiger partial charge in [-0.3, -0.25) is 9.67 Å². The number of ether oxygens (including phenoxy) is 1. The summed E-state index contributed by atoms with van der Waals surface area (Å²) in [5.74, 6) is 2.40. The Labute approximate surface area is 130 Å². The van der Waals surface area contributed by atoms with Crippen molar-refractivity contribution < 1.29 is 4.74 Å². The molecular weight excluding hydrogens is 280 g/mol. The Morgan fingerprint density at radius 3 is 3.05 bits per heavy atom. The summed E-state index contributed by atoms with van der Waals surface area (Å²) in [6.45, 7) is 1.54. The zero-order chi connectivity index (χ0) is 15.2. The van der Waals surface area contributed by atoms with Gasteiger partial charge in [0.1, 0.15) is 12.2 Å². The van der Waals surface area contributed by atoms with E-state index in [1.54, 1.807) is 11.0 Å². The number of hydrogen-bond acceptors (Lipinski definition) is 4. The van der Waals surface area contributed by atoms with Crippen molar-refractivity contribution in [2.45, 2.75) is 44.4 Å². The Morgan fingerprint density at radius 1 is 1.55 bits per heavy atom. The molecule has 3 fully saturated rings. The highest BCUT2D eigenvalue weighted by atomic mass is 16.5. The highest BCUT2D eigenvalue weighted by Gasteiger charge is 2.66. The Morgan fingerprint density at radius 2 is 2.41 bits per heavy atom. The monoisotopic (exact) mass is 304 g/mol. The van der Waals surface area contributed by atoms with Gasteiger partial charge in [-0.15, -0.1) is 0 Å². The predicted molar refractivity (Wildman–Crippen MR) is 82.3 cm³/mol. The fourth-order valence-electron chi connectivity index (χ4n) is 4.44. The molecule has 2 aliphatic carbocycles. The van der Waals surface area contributed by atoms with Crippen molar-refractivity contribution in [2.75, 3.05) is 13.7 Å². The molecule has 1 aliphatic heterocycles. The van der Waals surface area contributed by atoms with Crippen molar-refractivity contribution in [3.63, 3.8) is 0 Å². The van der Waals surface area contributed by atoms with Gasteiger partial charge < -0.3 is 15.4 Å². The molecule has 1 aromatic rings. The molecule has 7 nitrogen and oxygen atoms in total. The summed E-state index contributed by atoms with van der Waals surface area (Å²) in [5.41, 5.74) is 0.365. The number of aryl methyl sites for hydroxylation is 1. The fourth-order valence-corrected chi connectivity index (χ4v) is 4.44. The second-order valence-electron chi connectivity index (χ2n) is 6.68. The summed E-state index contributed by atoms with van der Waals surface area (Å²) in [7, 11) is 3.72. The number of hydrogen-bond donors (Lipinski definition) is 2. The molecule has 1 aromatic heterocycles. The number of nitrogens with one attached hydrogen (secondary N) is 2. The third kappa shape index (κ3) is 1.95. The van der Waals surface area contributed by atoms with Gasteiger partial charge in [-0.1, -0.05) is 6.42 Å². The van der Waals surface area contributed by atoms with Crippen molar-refractivity contribution in [1.29, 1.82) is 0 Å². The molecule has 2 saturated carbocycles. The highest BCUT2D eigenvalue weighted by molar-refractivity contribution is 5.80. The topological polar surface area (TPSA) is 76.4 Å². The quantitative estimate of drug-likeness (QED) is 0.626. The zero-order valence-corrected chi connectivity index (χ0v) is 13.2. The maximum absolute atomic E-state index is 5.97. The van der Waals surface area contributed by atoms with E-state index in [9.17, 15) is 0 Å². The summed E-state index contributed by atoms with van der Waals surface area (Å²) in [4.78, 5) is 8.60. The Bertz CT molecular complexity index is 578. The van der Waals surface area contributed by atoms with Crippen LogP contribution in [0.15, 0.2) is 11.3 Å². The summed E-state index contributed by atoms with van der Waals surface area (Å²) in [6.07, 6.45) is 7.12. The van der Waals surface area contributed by atoms with E-state index in [4.69, 9.17) is 4.74 Å². The molecule has 0 bridgehead atoms. The summed E-state index contributed by atoms with van der Waals surface area (Å²) >= 11 is 0. The average molecular weight is 304 g/mol. The maximum Gasteiger partial charge on any atom is 0.191 e. The third-order valence-corrected chi connectivity index (χ3v) is 5.77. The molecule has 2 heterocycles. The summed E-state index contributed by atoms with van der Waals surface area (Å²) in [6, 6.07) is 0.499. The lowest BCUT2D eigenvalue weighted by atomic mass is 9.46. The van der Waals surface area contributed by atoms with Gasteiger partial charge >= 0.3 is 0 Å². The van der Waals surface area contributed by atoms with E-state index in [0.717, 1.165) is 18.4 Å². The van der Waals surface area contributed by atoms with Gasteiger partial charge in [0.15, 0.2) is 5.96 Å². The molecule has 1 spiro atoms. The smallest absolute Gasteiger partial charge is 0.191 e. The van der Waals surface area contributed by atoms with Crippen LogP contribution < -0.4 is 10.6 Å². The Kier molecular flexibility index (Phi) is 3.32. The zero-order valence-electron chi connectivity index (χ0n) is 13.2. The molecule has 3 aliphatic rings. The molecule has 3 unspecified atom stereocenters. The van der Waals surface area contributed by atoms with E-state index in [-0.39, 0.29) is 0 Å². The first kappa shape index (κ1) is 14.0. The van der Waals surface area contributed by atoms with Crippen LogP contribution in [-0.4, -0.2) is 46.5 Å². The Balaban J connectivity index is 1.40. The molecule has 0 radical (unpaired) electrons. The molecule has 3 atom stereocenters. The maximum atomic E-state index is 5.97. The molecule has 0 amide bonds. The minimum atomic E-state index is 0.365. The standard InChI is InChI=1S/C15H24N6O/c1-16-14(17-8-11-18-9-19-21(11)2)20-12-10-4-7-22-13(10)15(12)5-3-6-15/h9-10,12-13H,3-8H2,1-2H3,(H2,16,17,20). The number of nitrogens with zero attached hydrogens (tertiary/aromatic N) is 4. The fraction of sp³-hybridized carbons (Fsp3) is 0.800. The van der Waals surface area contributed by atoms with Gasteiger partial charge in [0.25, 0.3) is 0 Å². The van der Waals surface area contributed by atoms with Crippen molar-refractivity contribution in [1.82, 2.24) is 25.4 Å². The highest BCUT2D eigenvalue weighted by Crippen LogP contribution is 2.62. The van der Waals surface area contributed by atoms with Crippen LogP contribution in [0.4, 0.5) is 0 Å². The number of aliphatic imine (C=N–C) groups is 1. The number of fused-ring (bicyclic) bond motifs is 2. The van der Waals surface area contributed by atoms with Crippen LogP contribution in [0.25, 0.3) is 0 Å². The summed E-state index contributed by atoms with van der Waals surface area (Å²) in [5, 5.41) is 11.1. The number of guanidine groups is 1. The van der Waals surface area contributed by atoms with Crippen LogP contribution in [-0.2, 0) is 18.3 Å². The van der Waals surface area contributed by atoms with Gasteiger partial charge in [-0.05, 0) is 19.3 Å². The number of aromatic nitrogens is 3. The minimum absolute atomic E-state index is 0.365. The van der Waals surface area contributed by atoms with Crippen molar-refractivity contribution in [3.05, 3.63) is 12.2 Å².